The lowest BCUT2D eigenvalue weighted by Crippen LogP contribution is -2.38. The second-order valence-corrected chi connectivity index (χ2v) is 9.02. The van der Waals surface area contributed by atoms with Gasteiger partial charge in [0.15, 0.2) is 5.41 Å². The molecule has 0 radical (unpaired) electrons. The quantitative estimate of drug-likeness (QED) is 0.179. The maximum absolute atomic E-state index is 11.6. The largest absolute Gasteiger partial charge is 0.480 e. The van der Waals surface area contributed by atoms with Crippen molar-refractivity contribution >= 4 is 23.9 Å². The van der Waals surface area contributed by atoms with Crippen molar-refractivity contribution in [2.45, 2.75) is 109 Å². The molecule has 0 aromatic carbocycles. The fourth-order valence-corrected chi connectivity index (χ4v) is 4.22. The first kappa shape index (κ1) is 29.4. The van der Waals surface area contributed by atoms with Gasteiger partial charge in [-0.15, -0.1) is 6.58 Å². The van der Waals surface area contributed by atoms with Crippen LogP contribution in [0.4, 0.5) is 0 Å². The average Bonchev–Trinajstić information content (AvgIpc) is 2.82. The zero-order chi connectivity index (χ0) is 25.4. The summed E-state index contributed by atoms with van der Waals surface area (Å²) in [4.78, 5) is 45.0. The van der Waals surface area contributed by atoms with E-state index in [1.54, 1.807) is 0 Å². The number of hydrogen-bond donors (Lipinski definition) is 2. The van der Waals surface area contributed by atoms with Gasteiger partial charge >= 0.3 is 23.9 Å². The number of carbonyl (C=O) groups excluding carboxylic acids is 2. The normalized spacial score (nSPS) is 17.3. The summed E-state index contributed by atoms with van der Waals surface area (Å²) in [6.45, 7) is 5.28. The third-order valence-corrected chi connectivity index (χ3v) is 6.29. The molecule has 0 amide bonds. The lowest BCUT2D eigenvalue weighted by molar-refractivity contribution is -0.165. The van der Waals surface area contributed by atoms with Crippen LogP contribution < -0.4 is 0 Å². The number of unbranched alkanes of at least 4 members (excludes halogenated alkanes) is 1. The Morgan fingerprint density at radius 3 is 1.56 bits per heavy atom. The highest BCUT2D eigenvalue weighted by molar-refractivity contribution is 5.98. The van der Waals surface area contributed by atoms with Crippen molar-refractivity contribution in [2.24, 2.45) is 5.41 Å². The SMILES string of the molecule is C=CCC(CCCC)(C(=O)O)C(=O)O.O=C(/C=C\C(=O)OC1CCCCC1)OC1CCCCC1. The summed E-state index contributed by atoms with van der Waals surface area (Å²) in [7, 11) is 0. The smallest absolute Gasteiger partial charge is 0.331 e. The van der Waals surface area contributed by atoms with E-state index in [2.05, 4.69) is 6.58 Å². The van der Waals surface area contributed by atoms with Crippen molar-refractivity contribution in [1.29, 1.82) is 0 Å². The molecule has 2 rings (SSSR count). The summed E-state index contributed by atoms with van der Waals surface area (Å²) in [5.74, 6) is -3.42. The highest BCUT2D eigenvalue weighted by Crippen LogP contribution is 2.30. The Bertz CT molecular complexity index is 652. The highest BCUT2D eigenvalue weighted by Gasteiger charge is 2.44. The van der Waals surface area contributed by atoms with Gasteiger partial charge in [0.25, 0.3) is 0 Å². The third-order valence-electron chi connectivity index (χ3n) is 6.29. The van der Waals surface area contributed by atoms with Gasteiger partial charge in [-0.05, 0) is 64.2 Å². The van der Waals surface area contributed by atoms with E-state index >= 15 is 0 Å². The molecule has 2 aliphatic rings. The van der Waals surface area contributed by atoms with Gasteiger partial charge in [0.1, 0.15) is 12.2 Å². The van der Waals surface area contributed by atoms with Crippen LogP contribution in [0.5, 0.6) is 0 Å². The number of carboxylic acid groups (broad SMARTS) is 2. The summed E-state index contributed by atoms with van der Waals surface area (Å²) in [5.41, 5.74) is -1.68. The number of ether oxygens (including phenoxy) is 2. The summed E-state index contributed by atoms with van der Waals surface area (Å²) in [5, 5.41) is 17.8. The molecular formula is C26H40O8. The van der Waals surface area contributed by atoms with E-state index in [1.165, 1.54) is 31.1 Å². The van der Waals surface area contributed by atoms with E-state index in [0.29, 0.717) is 6.42 Å². The lowest BCUT2D eigenvalue weighted by atomic mass is 9.80. The van der Waals surface area contributed by atoms with Crippen molar-refractivity contribution in [3.8, 4) is 0 Å². The molecule has 0 spiro atoms. The van der Waals surface area contributed by atoms with Crippen LogP contribution in [-0.2, 0) is 28.7 Å². The molecule has 192 valence electrons. The minimum absolute atomic E-state index is 0.0234. The lowest BCUT2D eigenvalue weighted by Gasteiger charge is -2.22. The Morgan fingerprint density at radius 2 is 1.24 bits per heavy atom. The Balaban J connectivity index is 0.000000365. The molecule has 0 saturated heterocycles. The molecule has 0 atom stereocenters. The van der Waals surface area contributed by atoms with Gasteiger partial charge in [0.2, 0.25) is 0 Å². The van der Waals surface area contributed by atoms with Crippen molar-refractivity contribution in [3.05, 3.63) is 24.8 Å². The predicted octanol–water partition coefficient (Wildman–Crippen LogP) is 5.20. The van der Waals surface area contributed by atoms with Crippen molar-refractivity contribution in [3.63, 3.8) is 0 Å². The zero-order valence-electron chi connectivity index (χ0n) is 20.3. The molecule has 2 aliphatic carbocycles. The van der Waals surface area contributed by atoms with Crippen LogP contribution in [0.1, 0.15) is 96.8 Å². The fourth-order valence-electron chi connectivity index (χ4n) is 4.22. The molecule has 0 heterocycles. The molecule has 0 aromatic heterocycles. The molecule has 8 nitrogen and oxygen atoms in total. The van der Waals surface area contributed by atoms with E-state index < -0.39 is 29.3 Å². The molecule has 8 heteroatoms. The summed E-state index contributed by atoms with van der Waals surface area (Å²) in [6.07, 6.45) is 15.9. The maximum atomic E-state index is 11.6. The first-order valence-electron chi connectivity index (χ1n) is 12.4. The van der Waals surface area contributed by atoms with Crippen LogP contribution >= 0.6 is 0 Å². The second kappa shape index (κ2) is 16.1. The number of allylic oxidation sites excluding steroid dienone is 1. The van der Waals surface area contributed by atoms with Crippen LogP contribution in [0.2, 0.25) is 0 Å². The summed E-state index contributed by atoms with van der Waals surface area (Å²) >= 11 is 0. The van der Waals surface area contributed by atoms with E-state index in [0.717, 1.165) is 57.8 Å². The maximum Gasteiger partial charge on any atom is 0.331 e. The first-order valence-corrected chi connectivity index (χ1v) is 12.4. The van der Waals surface area contributed by atoms with Gasteiger partial charge in [0.05, 0.1) is 0 Å². The zero-order valence-corrected chi connectivity index (χ0v) is 20.3. The van der Waals surface area contributed by atoms with E-state index in [9.17, 15) is 19.2 Å². The summed E-state index contributed by atoms with van der Waals surface area (Å²) < 4.78 is 10.6. The van der Waals surface area contributed by atoms with Crippen LogP contribution in [0, 0.1) is 5.41 Å². The Morgan fingerprint density at radius 1 is 0.824 bits per heavy atom. The van der Waals surface area contributed by atoms with Gasteiger partial charge in [-0.25, -0.2) is 9.59 Å². The Labute approximate surface area is 202 Å². The predicted molar refractivity (Wildman–Crippen MR) is 127 cm³/mol. The van der Waals surface area contributed by atoms with Crippen LogP contribution in [0.15, 0.2) is 24.8 Å². The van der Waals surface area contributed by atoms with Crippen molar-refractivity contribution in [2.75, 3.05) is 0 Å². The molecule has 0 unspecified atom stereocenters. The molecular weight excluding hydrogens is 440 g/mol. The molecule has 0 aromatic rings. The van der Waals surface area contributed by atoms with Gasteiger partial charge in [0, 0.05) is 12.2 Å². The molecule has 2 fully saturated rings. The van der Waals surface area contributed by atoms with Crippen molar-refractivity contribution in [1.82, 2.24) is 0 Å². The van der Waals surface area contributed by atoms with E-state index in [1.807, 2.05) is 6.92 Å². The molecule has 0 aliphatic heterocycles. The van der Waals surface area contributed by atoms with E-state index in [4.69, 9.17) is 19.7 Å². The monoisotopic (exact) mass is 480 g/mol. The van der Waals surface area contributed by atoms with Gasteiger partial charge in [-0.3, -0.25) is 9.59 Å². The van der Waals surface area contributed by atoms with Crippen molar-refractivity contribution < 1.29 is 38.9 Å². The standard InChI is InChI=1S/C16H24O4.C10H16O4/c17-15(19-13-7-3-1-4-8-13)11-12-16(18)20-14-9-5-2-6-10-14;1-3-5-7-10(6-4-2,8(11)12)9(13)14/h11-14H,1-10H2;4H,2-3,5-7H2,1H3,(H,11,12)(H,13,14)/b12-11-;. The second-order valence-electron chi connectivity index (χ2n) is 9.02. The highest BCUT2D eigenvalue weighted by atomic mass is 16.5. The van der Waals surface area contributed by atoms with Gasteiger partial charge in [-0.1, -0.05) is 38.7 Å². The minimum Gasteiger partial charge on any atom is -0.480 e. The minimum atomic E-state index is -1.68. The Hall–Kier alpha value is -2.64. The molecule has 0 bridgehead atoms. The Kier molecular flexibility index (Phi) is 13.9. The number of aliphatic carboxylic acids is 2. The topological polar surface area (TPSA) is 127 Å². The third kappa shape index (κ3) is 10.5. The van der Waals surface area contributed by atoms with E-state index in [-0.39, 0.29) is 25.0 Å². The molecule has 2 N–H and O–H groups in total. The number of carboxylic acids is 2. The molecule has 2 saturated carbocycles. The van der Waals surface area contributed by atoms with Crippen LogP contribution in [-0.4, -0.2) is 46.3 Å². The summed E-state index contributed by atoms with van der Waals surface area (Å²) in [6, 6.07) is 0. The molecule has 34 heavy (non-hydrogen) atoms. The average molecular weight is 481 g/mol. The number of rotatable bonds is 11. The fraction of sp³-hybridized carbons (Fsp3) is 0.692. The number of hydrogen-bond acceptors (Lipinski definition) is 6. The van der Waals surface area contributed by atoms with Crippen LogP contribution in [0.25, 0.3) is 0 Å². The van der Waals surface area contributed by atoms with Gasteiger partial charge in [-0.2, -0.15) is 0 Å². The van der Waals surface area contributed by atoms with Crippen LogP contribution in [0.3, 0.4) is 0 Å². The number of esters is 2. The number of carbonyl (C=O) groups is 4. The first-order chi connectivity index (χ1) is 16.2. The van der Waals surface area contributed by atoms with Gasteiger partial charge < -0.3 is 19.7 Å².